The number of anilines is 1. The fourth-order valence-electron chi connectivity index (χ4n) is 3.19. The van der Waals surface area contributed by atoms with Gasteiger partial charge in [-0.25, -0.2) is 0 Å². The molecule has 0 saturated carbocycles. The minimum atomic E-state index is 0.194. The monoisotopic (exact) mass is 348 g/mol. The first-order chi connectivity index (χ1) is 12.7. The number of nitroso groups, excluding NO2 is 1. The lowest BCUT2D eigenvalue weighted by molar-refractivity contribution is -0.403. The molecule has 2 aromatic rings. The maximum absolute atomic E-state index is 13.0. The zero-order chi connectivity index (χ0) is 18.3. The van der Waals surface area contributed by atoms with Gasteiger partial charge in [-0.15, -0.1) is 0 Å². The molecule has 0 fully saturated rings. The van der Waals surface area contributed by atoms with Crippen LogP contribution < -0.4 is 5.06 Å². The molecular weight excluding hydrogens is 332 g/mol. The molecule has 2 aromatic carbocycles. The zero-order valence-electron chi connectivity index (χ0n) is 14.3. The van der Waals surface area contributed by atoms with Gasteiger partial charge in [-0.05, 0) is 18.2 Å². The van der Waals surface area contributed by atoms with Gasteiger partial charge in [-0.3, -0.25) is 0 Å². The van der Waals surface area contributed by atoms with E-state index in [2.05, 4.69) is 0 Å². The summed E-state index contributed by atoms with van der Waals surface area (Å²) in [6.45, 7) is 0. The Morgan fingerprint density at radius 2 is 1.50 bits per heavy atom. The van der Waals surface area contributed by atoms with Crippen LogP contribution in [0.1, 0.15) is 11.1 Å². The van der Waals surface area contributed by atoms with E-state index < -0.39 is 0 Å². The van der Waals surface area contributed by atoms with Crippen molar-refractivity contribution in [1.29, 1.82) is 0 Å². The summed E-state index contributed by atoms with van der Waals surface area (Å²) in [5.74, 6) is 1.05. The van der Waals surface area contributed by atoms with Crippen LogP contribution in [0.5, 0.6) is 0 Å². The molecule has 6 heteroatoms. The van der Waals surface area contributed by atoms with Crippen LogP contribution in [0.25, 0.3) is 11.5 Å². The van der Waals surface area contributed by atoms with Crippen LogP contribution in [0.4, 0.5) is 11.4 Å². The number of ether oxygens (including phenoxy) is 2. The molecular formula is C20H16N2O4. The van der Waals surface area contributed by atoms with Crippen LogP contribution in [0, 0.1) is 10.1 Å². The molecule has 0 saturated heterocycles. The van der Waals surface area contributed by atoms with Crippen LogP contribution in [0.3, 0.4) is 0 Å². The maximum atomic E-state index is 13.0. The first-order valence-corrected chi connectivity index (χ1v) is 8.04. The van der Waals surface area contributed by atoms with Crippen molar-refractivity contribution in [2.75, 3.05) is 19.3 Å². The number of para-hydroxylation sites is 2. The minimum absolute atomic E-state index is 0.194. The van der Waals surface area contributed by atoms with E-state index in [1.165, 1.54) is 14.2 Å². The lowest BCUT2D eigenvalue weighted by Gasteiger charge is -2.36. The highest BCUT2D eigenvalue weighted by Gasteiger charge is 2.35. The number of hydroxylamine groups is 1. The Balaban J connectivity index is 1.96. The van der Waals surface area contributed by atoms with E-state index in [1.807, 2.05) is 12.1 Å². The molecule has 4 rings (SSSR count). The summed E-state index contributed by atoms with van der Waals surface area (Å²) in [6, 6.07) is 14.2. The molecule has 0 aliphatic carbocycles. The summed E-state index contributed by atoms with van der Waals surface area (Å²) in [5.41, 5.74) is 2.60. The Kier molecular flexibility index (Phi) is 3.82. The standard InChI is InChI=1S/C20H16N2O4/c1-25-19-11-17(21(23)15-9-5-3-7-13(15)19)18-12-20(26-2)14-8-4-6-10-16(14)22(18)24/h3-12H,1-2H3. The first-order valence-electron chi connectivity index (χ1n) is 8.04. The fourth-order valence-corrected chi connectivity index (χ4v) is 3.19. The smallest absolute Gasteiger partial charge is 0.290 e. The zero-order valence-corrected chi connectivity index (χ0v) is 14.3. The number of hydrogen-bond donors (Lipinski definition) is 0. The third-order valence-corrected chi connectivity index (χ3v) is 4.45. The molecule has 6 nitrogen and oxygen atoms in total. The molecule has 2 aliphatic rings. The van der Waals surface area contributed by atoms with Crippen LogP contribution >= 0.6 is 0 Å². The lowest BCUT2D eigenvalue weighted by atomic mass is 10.0. The van der Waals surface area contributed by atoms with E-state index in [-0.39, 0.29) is 11.4 Å². The molecule has 0 bridgehead atoms. The summed E-state index contributed by atoms with van der Waals surface area (Å²) in [6.07, 6.45) is 3.15. The van der Waals surface area contributed by atoms with Crippen molar-refractivity contribution in [3.05, 3.63) is 93.3 Å². The first kappa shape index (κ1) is 16.1. The third-order valence-electron chi connectivity index (χ3n) is 4.45. The molecule has 0 radical (unpaired) electrons. The van der Waals surface area contributed by atoms with Gasteiger partial charge in [0.05, 0.1) is 30.6 Å². The number of hydrogen-bond acceptors (Lipinski definition) is 5. The summed E-state index contributed by atoms with van der Waals surface area (Å²) in [7, 11) is 3.07. The predicted molar refractivity (Wildman–Crippen MR) is 99.0 cm³/mol. The Bertz CT molecular complexity index is 1000. The normalized spacial score (nSPS) is 18.6. The average molecular weight is 348 g/mol. The van der Waals surface area contributed by atoms with E-state index in [0.717, 1.165) is 9.82 Å². The fraction of sp³-hybridized carbons (Fsp3) is 0.100. The summed E-state index contributed by atoms with van der Waals surface area (Å²) >= 11 is 0. The topological polar surface area (TPSA) is 64.8 Å². The second-order valence-corrected chi connectivity index (χ2v) is 5.82. The van der Waals surface area contributed by atoms with Crippen LogP contribution in [-0.4, -0.2) is 19.0 Å². The highest BCUT2D eigenvalue weighted by Crippen LogP contribution is 2.40. The Labute approximate surface area is 150 Å². The summed E-state index contributed by atoms with van der Waals surface area (Å²) in [5, 5.41) is 13.7. The highest BCUT2D eigenvalue weighted by molar-refractivity contribution is 5.83. The molecule has 2 aliphatic heterocycles. The van der Waals surface area contributed by atoms with Gasteiger partial charge in [-0.1, -0.05) is 24.3 Å². The molecule has 0 atom stereocenters. The van der Waals surface area contributed by atoms with E-state index in [1.54, 1.807) is 48.6 Å². The molecule has 0 N–H and O–H groups in total. The number of fused-ring (bicyclic) bond motifs is 2. The summed E-state index contributed by atoms with van der Waals surface area (Å²) in [4.78, 5) is 13.0. The van der Waals surface area contributed by atoms with Crippen molar-refractivity contribution in [2.24, 2.45) is 0 Å². The van der Waals surface area contributed by atoms with Crippen molar-refractivity contribution >= 4 is 22.9 Å². The van der Waals surface area contributed by atoms with Gasteiger partial charge >= 0.3 is 0 Å². The number of nitrogens with zero attached hydrogens (tertiary/aromatic N) is 2. The van der Waals surface area contributed by atoms with Crippen molar-refractivity contribution in [2.45, 2.75) is 0 Å². The number of rotatable bonds is 2. The van der Waals surface area contributed by atoms with Gasteiger partial charge in [0.1, 0.15) is 17.2 Å². The highest BCUT2D eigenvalue weighted by atomic mass is 16.5. The molecule has 0 unspecified atom stereocenters. The van der Waals surface area contributed by atoms with Gasteiger partial charge in [0, 0.05) is 28.3 Å². The number of benzene rings is 2. The average Bonchev–Trinajstić information content (AvgIpc) is 2.69. The van der Waals surface area contributed by atoms with Crippen molar-refractivity contribution in [3.8, 4) is 0 Å². The molecule has 0 amide bonds. The largest absolute Gasteiger partial charge is 0.754 e. The third kappa shape index (κ3) is 2.31. The van der Waals surface area contributed by atoms with Crippen LogP contribution in [0.15, 0.2) is 72.1 Å². The quantitative estimate of drug-likeness (QED) is 0.757. The SMILES string of the molecule is COC1=CC(=C2C=C(OC)c3ccccc3[N+]2=O)N([O-])c2ccccc21. The predicted octanol–water partition coefficient (Wildman–Crippen LogP) is 4.31. The van der Waals surface area contributed by atoms with E-state index in [4.69, 9.17) is 9.47 Å². The van der Waals surface area contributed by atoms with Gasteiger partial charge in [0.2, 0.25) is 0 Å². The van der Waals surface area contributed by atoms with Gasteiger partial charge in [0.15, 0.2) is 0 Å². The second-order valence-electron chi connectivity index (χ2n) is 5.82. The Morgan fingerprint density at radius 1 is 0.885 bits per heavy atom. The number of allylic oxidation sites excluding steroid dienone is 2. The van der Waals surface area contributed by atoms with Gasteiger partial charge < -0.3 is 19.7 Å². The van der Waals surface area contributed by atoms with E-state index >= 15 is 0 Å². The maximum Gasteiger partial charge on any atom is 0.290 e. The van der Waals surface area contributed by atoms with Gasteiger partial charge in [-0.2, -0.15) is 0 Å². The molecule has 26 heavy (non-hydrogen) atoms. The number of methoxy groups -OCH3 is 2. The van der Waals surface area contributed by atoms with Gasteiger partial charge in [0.25, 0.3) is 11.4 Å². The van der Waals surface area contributed by atoms with Crippen molar-refractivity contribution < 1.29 is 14.2 Å². The van der Waals surface area contributed by atoms with E-state index in [0.29, 0.717) is 34.0 Å². The Morgan fingerprint density at radius 3 is 2.23 bits per heavy atom. The van der Waals surface area contributed by atoms with E-state index in [9.17, 15) is 10.1 Å². The van der Waals surface area contributed by atoms with Crippen LogP contribution in [-0.2, 0) is 9.47 Å². The molecule has 2 heterocycles. The second kappa shape index (κ2) is 6.16. The Hall–Kier alpha value is -3.38. The molecule has 0 aromatic heterocycles. The molecule has 0 spiro atoms. The summed E-state index contributed by atoms with van der Waals surface area (Å²) < 4.78 is 11.6. The minimum Gasteiger partial charge on any atom is -0.754 e. The lowest BCUT2D eigenvalue weighted by Crippen LogP contribution is -2.23. The van der Waals surface area contributed by atoms with Crippen molar-refractivity contribution in [3.63, 3.8) is 0 Å². The van der Waals surface area contributed by atoms with Crippen LogP contribution in [0.2, 0.25) is 0 Å². The van der Waals surface area contributed by atoms with Crippen molar-refractivity contribution in [1.82, 2.24) is 0 Å². The molecule has 130 valence electrons.